The number of anilines is 1. The highest BCUT2D eigenvalue weighted by Gasteiger charge is 2.22. The van der Waals surface area contributed by atoms with Crippen LogP contribution in [0.15, 0.2) is 36.4 Å². The first-order chi connectivity index (χ1) is 14.8. The maximum Gasteiger partial charge on any atom is 0.320 e. The van der Waals surface area contributed by atoms with E-state index in [0.717, 1.165) is 47.3 Å². The van der Waals surface area contributed by atoms with Crippen molar-refractivity contribution >= 4 is 39.8 Å². The smallest absolute Gasteiger partial charge is 0.320 e. The van der Waals surface area contributed by atoms with Crippen LogP contribution in [0.1, 0.15) is 48.0 Å². The van der Waals surface area contributed by atoms with Crippen LogP contribution in [-0.2, 0) is 4.79 Å². The first kappa shape index (κ1) is 22.5. The summed E-state index contributed by atoms with van der Waals surface area (Å²) in [6.45, 7) is 0. The van der Waals surface area contributed by atoms with Gasteiger partial charge < -0.3 is 22.3 Å². The van der Waals surface area contributed by atoms with E-state index in [1.807, 2.05) is 30.3 Å². The van der Waals surface area contributed by atoms with Gasteiger partial charge in [0.05, 0.1) is 5.56 Å². The fourth-order valence-corrected chi connectivity index (χ4v) is 4.95. The number of primary amides is 2. The van der Waals surface area contributed by atoms with E-state index in [9.17, 15) is 14.4 Å². The average Bonchev–Trinajstić information content (AvgIpc) is 3.38. The first-order valence-electron chi connectivity index (χ1n) is 10.1. The van der Waals surface area contributed by atoms with Gasteiger partial charge in [-0.1, -0.05) is 37.1 Å². The maximum absolute atomic E-state index is 11.8. The third kappa shape index (κ3) is 5.50. The zero-order chi connectivity index (χ0) is 22.5. The number of carbonyl (C=O) groups excluding carboxylic acids is 2. The second-order valence-corrected chi connectivity index (χ2v) is 8.66. The van der Waals surface area contributed by atoms with Crippen molar-refractivity contribution in [3.8, 4) is 10.4 Å². The van der Waals surface area contributed by atoms with Crippen LogP contribution in [0.4, 0.5) is 9.80 Å². The molecule has 164 valence electrons. The van der Waals surface area contributed by atoms with Crippen LogP contribution in [-0.4, -0.2) is 29.1 Å². The van der Waals surface area contributed by atoms with Crippen molar-refractivity contribution in [1.29, 1.82) is 0 Å². The Morgan fingerprint density at radius 2 is 1.90 bits per heavy atom. The van der Waals surface area contributed by atoms with Crippen molar-refractivity contribution in [2.24, 2.45) is 23.1 Å². The number of allylic oxidation sites excluding steroid dienone is 1. The molecule has 3 amide bonds. The van der Waals surface area contributed by atoms with Crippen LogP contribution in [0.2, 0.25) is 0 Å². The van der Waals surface area contributed by atoms with Crippen LogP contribution in [0.25, 0.3) is 16.0 Å². The molecule has 9 heteroatoms. The van der Waals surface area contributed by atoms with E-state index in [1.54, 1.807) is 6.07 Å². The second-order valence-electron chi connectivity index (χ2n) is 7.61. The first-order valence-corrected chi connectivity index (χ1v) is 10.9. The molecule has 8 nitrogen and oxygen atoms in total. The Kier molecular flexibility index (Phi) is 7.09. The minimum Gasteiger partial charge on any atom is -0.480 e. The van der Waals surface area contributed by atoms with E-state index in [4.69, 9.17) is 22.3 Å². The molecule has 0 radical (unpaired) electrons. The highest BCUT2D eigenvalue weighted by molar-refractivity contribution is 7.20. The molecule has 0 aliphatic heterocycles. The van der Waals surface area contributed by atoms with Gasteiger partial charge in [-0.25, -0.2) is 4.79 Å². The summed E-state index contributed by atoms with van der Waals surface area (Å²) in [4.78, 5) is 34.9. The van der Waals surface area contributed by atoms with Gasteiger partial charge in [-0.2, -0.15) is 0 Å². The van der Waals surface area contributed by atoms with Gasteiger partial charge in [0.1, 0.15) is 11.0 Å². The molecular formula is C22H26N4O4S. The molecule has 31 heavy (non-hydrogen) atoms. The van der Waals surface area contributed by atoms with Crippen LogP contribution in [0.3, 0.4) is 0 Å². The molecule has 2 aromatic rings. The van der Waals surface area contributed by atoms with E-state index in [1.165, 1.54) is 11.3 Å². The second kappa shape index (κ2) is 9.76. The largest absolute Gasteiger partial charge is 0.480 e. The Labute approximate surface area is 184 Å². The molecule has 8 N–H and O–H groups in total. The molecule has 0 bridgehead atoms. The molecule has 3 rings (SSSR count). The number of nitrogens with two attached hydrogens (primary N) is 3. The molecule has 1 saturated carbocycles. The van der Waals surface area contributed by atoms with E-state index < -0.39 is 23.9 Å². The fraction of sp³-hybridized carbons (Fsp3) is 0.318. The Morgan fingerprint density at radius 1 is 1.19 bits per heavy atom. The number of hydrogen-bond donors (Lipinski definition) is 5. The van der Waals surface area contributed by atoms with Crippen molar-refractivity contribution in [3.05, 3.63) is 47.5 Å². The van der Waals surface area contributed by atoms with Gasteiger partial charge in [-0.3, -0.25) is 14.9 Å². The maximum atomic E-state index is 11.8. The van der Waals surface area contributed by atoms with Crippen LogP contribution < -0.4 is 22.5 Å². The third-order valence-electron chi connectivity index (χ3n) is 5.42. The average molecular weight is 443 g/mol. The SMILES string of the molecule is NC(=O)Nc1sc(-c2cccc(/C(=C/C[C@H](N)C(=O)O)C3CCCC3)c2)cc1C(N)=O. The number of hydrogen-bond acceptors (Lipinski definition) is 5. The monoisotopic (exact) mass is 442 g/mol. The predicted molar refractivity (Wildman–Crippen MR) is 122 cm³/mol. The lowest BCUT2D eigenvalue weighted by atomic mass is 9.89. The van der Waals surface area contributed by atoms with Gasteiger partial charge in [0.25, 0.3) is 5.91 Å². The Hall–Kier alpha value is -3.17. The highest BCUT2D eigenvalue weighted by atomic mass is 32.1. The van der Waals surface area contributed by atoms with E-state index in [0.29, 0.717) is 10.9 Å². The summed E-state index contributed by atoms with van der Waals surface area (Å²) >= 11 is 1.21. The predicted octanol–water partition coefficient (Wildman–Crippen LogP) is 3.38. The molecule has 1 aromatic carbocycles. The topological polar surface area (TPSA) is 162 Å². The number of urea groups is 1. The Morgan fingerprint density at radius 3 is 2.52 bits per heavy atom. The lowest BCUT2D eigenvalue weighted by Crippen LogP contribution is -2.29. The fourth-order valence-electron chi connectivity index (χ4n) is 3.88. The minimum absolute atomic E-state index is 0.197. The summed E-state index contributed by atoms with van der Waals surface area (Å²) in [5.74, 6) is -1.33. The van der Waals surface area contributed by atoms with Crippen molar-refractivity contribution in [1.82, 2.24) is 0 Å². The number of benzene rings is 1. The normalized spacial score (nSPS) is 15.6. The molecule has 1 aromatic heterocycles. The van der Waals surface area contributed by atoms with Crippen LogP contribution >= 0.6 is 11.3 Å². The third-order valence-corrected chi connectivity index (χ3v) is 6.52. The lowest BCUT2D eigenvalue weighted by Gasteiger charge is -2.17. The molecule has 1 heterocycles. The summed E-state index contributed by atoms with van der Waals surface area (Å²) in [5, 5.41) is 11.9. The van der Waals surface area contributed by atoms with Gasteiger partial charge in [0.2, 0.25) is 0 Å². The van der Waals surface area contributed by atoms with Crippen molar-refractivity contribution in [3.63, 3.8) is 0 Å². The summed E-state index contributed by atoms with van der Waals surface area (Å²) in [7, 11) is 0. The summed E-state index contributed by atoms with van der Waals surface area (Å²) in [6, 6.07) is 7.73. The van der Waals surface area contributed by atoms with E-state index >= 15 is 0 Å². The number of amides is 3. The quantitative estimate of drug-likeness (QED) is 0.423. The van der Waals surface area contributed by atoms with Gasteiger partial charge in [0, 0.05) is 4.88 Å². The molecule has 1 atom stereocenters. The van der Waals surface area contributed by atoms with E-state index in [-0.39, 0.29) is 12.0 Å². The molecule has 1 aliphatic rings. The molecule has 0 saturated heterocycles. The molecule has 0 spiro atoms. The van der Waals surface area contributed by atoms with Crippen molar-refractivity contribution in [2.45, 2.75) is 38.1 Å². The van der Waals surface area contributed by atoms with Gasteiger partial charge >= 0.3 is 12.0 Å². The summed E-state index contributed by atoms with van der Waals surface area (Å²) in [5.41, 5.74) is 19.5. The van der Waals surface area contributed by atoms with Crippen molar-refractivity contribution < 1.29 is 19.5 Å². The number of carbonyl (C=O) groups is 3. The van der Waals surface area contributed by atoms with Crippen molar-refractivity contribution in [2.75, 3.05) is 5.32 Å². The minimum atomic E-state index is -1.03. The van der Waals surface area contributed by atoms with Gasteiger partial charge in [-0.15, -0.1) is 11.3 Å². The van der Waals surface area contributed by atoms with Gasteiger partial charge in [0.15, 0.2) is 0 Å². The zero-order valence-corrected chi connectivity index (χ0v) is 17.8. The number of rotatable bonds is 8. The number of aliphatic carboxylic acids is 1. The lowest BCUT2D eigenvalue weighted by molar-refractivity contribution is -0.138. The van der Waals surface area contributed by atoms with Gasteiger partial charge in [-0.05, 0) is 54.0 Å². The standard InChI is InChI=1S/C22H26N4O4S/c23-17(21(28)29)9-8-15(12-4-1-2-5-12)13-6-3-7-14(10-13)18-11-16(19(24)27)20(31-18)26-22(25)30/h3,6-8,10-12,17H,1-2,4-5,9,23H2,(H2,24,27)(H,28,29)(H3,25,26,30)/b15-8+/t17-/m0/s1. The van der Waals surface area contributed by atoms with Crippen LogP contribution in [0.5, 0.6) is 0 Å². The summed E-state index contributed by atoms with van der Waals surface area (Å²) in [6.07, 6.45) is 6.58. The molecule has 1 aliphatic carbocycles. The molecule has 0 unspecified atom stereocenters. The Bertz CT molecular complexity index is 1020. The Balaban J connectivity index is 1.98. The number of thiophene rings is 1. The number of carboxylic acids is 1. The highest BCUT2D eigenvalue weighted by Crippen LogP contribution is 2.40. The van der Waals surface area contributed by atoms with E-state index in [2.05, 4.69) is 5.32 Å². The summed E-state index contributed by atoms with van der Waals surface area (Å²) < 4.78 is 0. The molecule has 1 fully saturated rings. The number of nitrogens with one attached hydrogen (secondary N) is 1. The zero-order valence-electron chi connectivity index (χ0n) is 17.0. The number of carboxylic acid groups (broad SMARTS) is 1. The molecular weight excluding hydrogens is 416 g/mol. The van der Waals surface area contributed by atoms with Crippen LogP contribution in [0, 0.1) is 5.92 Å².